The average molecular weight is 380 g/mol. The molecular weight excluding hydrogens is 360 g/mol. The molecular formula is C22H20O6. The lowest BCUT2D eigenvalue weighted by molar-refractivity contribution is -0.244. The zero-order valence-electron chi connectivity index (χ0n) is 15.5. The number of hydrogen-bond donors (Lipinski definition) is 0. The Morgan fingerprint density at radius 1 is 0.929 bits per heavy atom. The Kier molecular flexibility index (Phi) is 4.63. The minimum absolute atomic E-state index is 0.0125. The lowest BCUT2D eigenvalue weighted by Crippen LogP contribution is -2.47. The molecule has 1 aliphatic carbocycles. The third-order valence-electron chi connectivity index (χ3n) is 5.10. The molecule has 4 rings (SSSR count). The molecule has 1 aliphatic heterocycles. The third-order valence-corrected chi connectivity index (χ3v) is 5.10. The average Bonchev–Trinajstić information content (AvgIpc) is 3.14. The van der Waals surface area contributed by atoms with Gasteiger partial charge in [0.2, 0.25) is 0 Å². The van der Waals surface area contributed by atoms with Crippen molar-refractivity contribution < 1.29 is 28.3 Å². The number of carbonyl (C=O) groups excluding carboxylic acids is 3. The molecule has 1 aromatic heterocycles. The Bertz CT molecular complexity index is 935. The summed E-state index contributed by atoms with van der Waals surface area (Å²) in [7, 11) is 0. The van der Waals surface area contributed by atoms with Crippen LogP contribution in [0.3, 0.4) is 0 Å². The molecule has 144 valence electrons. The van der Waals surface area contributed by atoms with Gasteiger partial charge in [-0.2, -0.15) is 0 Å². The van der Waals surface area contributed by atoms with E-state index in [2.05, 4.69) is 0 Å². The molecule has 0 bridgehead atoms. The summed E-state index contributed by atoms with van der Waals surface area (Å²) in [6.45, 7) is 1.51. The number of esters is 2. The predicted molar refractivity (Wildman–Crippen MR) is 100 cm³/mol. The lowest BCUT2D eigenvalue weighted by atomic mass is 9.93. The summed E-state index contributed by atoms with van der Waals surface area (Å²) in [5, 5.41) is 0. The fourth-order valence-corrected chi connectivity index (χ4v) is 3.56. The highest BCUT2D eigenvalue weighted by Crippen LogP contribution is 2.37. The van der Waals surface area contributed by atoms with E-state index >= 15 is 0 Å². The molecule has 0 radical (unpaired) electrons. The number of hydrogen-bond acceptors (Lipinski definition) is 6. The van der Waals surface area contributed by atoms with Crippen molar-refractivity contribution in [3.63, 3.8) is 0 Å². The molecule has 1 saturated carbocycles. The van der Waals surface area contributed by atoms with Gasteiger partial charge in [0.05, 0.1) is 0 Å². The van der Waals surface area contributed by atoms with E-state index in [0.717, 1.165) is 24.8 Å². The lowest BCUT2D eigenvalue weighted by Gasteiger charge is -2.38. The van der Waals surface area contributed by atoms with E-state index < -0.39 is 17.7 Å². The number of Topliss-reactive ketones (excluding diaryl/α,β-unsaturated/α-hetero) is 1. The minimum atomic E-state index is -1.10. The van der Waals surface area contributed by atoms with Crippen molar-refractivity contribution in [3.8, 4) is 11.3 Å². The maximum Gasteiger partial charge on any atom is 0.349 e. The van der Waals surface area contributed by atoms with Gasteiger partial charge in [0, 0.05) is 30.0 Å². The second-order valence-electron chi connectivity index (χ2n) is 7.14. The molecule has 0 N–H and O–H groups in total. The Morgan fingerprint density at radius 2 is 1.57 bits per heavy atom. The molecule has 1 saturated heterocycles. The van der Waals surface area contributed by atoms with Gasteiger partial charge in [-0.05, 0) is 31.9 Å². The largest absolute Gasteiger partial charge is 0.457 e. The van der Waals surface area contributed by atoms with Gasteiger partial charge in [-0.15, -0.1) is 0 Å². The molecule has 0 amide bonds. The first-order chi connectivity index (χ1) is 13.5. The van der Waals surface area contributed by atoms with E-state index in [1.165, 1.54) is 13.0 Å². The predicted octanol–water partition coefficient (Wildman–Crippen LogP) is 4.29. The van der Waals surface area contributed by atoms with Crippen LogP contribution in [0, 0.1) is 0 Å². The maximum atomic E-state index is 12.4. The normalized spacial score (nSPS) is 18.5. The van der Waals surface area contributed by atoms with Crippen molar-refractivity contribution in [2.45, 2.75) is 44.8 Å². The van der Waals surface area contributed by atoms with E-state index in [1.54, 1.807) is 36.4 Å². The van der Waals surface area contributed by atoms with Crippen molar-refractivity contribution in [2.75, 3.05) is 0 Å². The van der Waals surface area contributed by atoms with Gasteiger partial charge in [0.25, 0.3) is 5.79 Å². The molecule has 1 aromatic carbocycles. The third kappa shape index (κ3) is 3.50. The summed E-state index contributed by atoms with van der Waals surface area (Å²) in [4.78, 5) is 36.2. The van der Waals surface area contributed by atoms with Crippen molar-refractivity contribution in [1.82, 2.24) is 0 Å². The summed E-state index contributed by atoms with van der Waals surface area (Å²) in [5.74, 6) is -1.57. The van der Waals surface area contributed by atoms with Crippen LogP contribution in [0.15, 0.2) is 46.4 Å². The molecule has 2 fully saturated rings. The van der Waals surface area contributed by atoms with Crippen LogP contribution in [0.25, 0.3) is 17.4 Å². The van der Waals surface area contributed by atoms with Gasteiger partial charge < -0.3 is 13.9 Å². The van der Waals surface area contributed by atoms with E-state index in [9.17, 15) is 14.4 Å². The van der Waals surface area contributed by atoms with E-state index in [-0.39, 0.29) is 11.4 Å². The molecule has 0 atom stereocenters. The standard InChI is InChI=1S/C22H20O6/c1-14(23)15-5-7-16(8-6-15)19-10-9-17(26-19)13-18-20(24)27-22(28-21(18)25)11-3-2-4-12-22/h5-10,13H,2-4,11-12H2,1H3. The fourth-order valence-electron chi connectivity index (χ4n) is 3.56. The van der Waals surface area contributed by atoms with Gasteiger partial charge in [0.1, 0.15) is 17.1 Å². The minimum Gasteiger partial charge on any atom is -0.457 e. The van der Waals surface area contributed by atoms with Crippen LogP contribution < -0.4 is 0 Å². The Hall–Kier alpha value is -3.15. The Balaban J connectivity index is 1.54. The van der Waals surface area contributed by atoms with Gasteiger partial charge in [-0.1, -0.05) is 30.7 Å². The Morgan fingerprint density at radius 3 is 2.18 bits per heavy atom. The number of furan rings is 1. The molecule has 2 heterocycles. The van der Waals surface area contributed by atoms with Crippen LogP contribution in [0.1, 0.15) is 55.1 Å². The number of ether oxygens (including phenoxy) is 2. The highest BCUT2D eigenvalue weighted by Gasteiger charge is 2.46. The summed E-state index contributed by atoms with van der Waals surface area (Å²) in [6, 6.07) is 10.4. The number of ketones is 1. The highest BCUT2D eigenvalue weighted by atomic mass is 16.7. The van der Waals surface area contributed by atoms with Crippen molar-refractivity contribution in [1.29, 1.82) is 0 Å². The summed E-state index contributed by atoms with van der Waals surface area (Å²) in [6.07, 6.45) is 5.20. The van der Waals surface area contributed by atoms with Crippen LogP contribution in [-0.4, -0.2) is 23.5 Å². The summed E-state index contributed by atoms with van der Waals surface area (Å²) >= 11 is 0. The Labute approximate surface area is 162 Å². The summed E-state index contributed by atoms with van der Waals surface area (Å²) < 4.78 is 16.7. The zero-order chi connectivity index (χ0) is 19.7. The molecule has 1 spiro atoms. The monoisotopic (exact) mass is 380 g/mol. The summed E-state index contributed by atoms with van der Waals surface area (Å²) in [5.41, 5.74) is 1.22. The number of carbonyl (C=O) groups is 3. The first-order valence-electron chi connectivity index (χ1n) is 9.35. The van der Waals surface area contributed by atoms with E-state index in [4.69, 9.17) is 13.9 Å². The molecule has 28 heavy (non-hydrogen) atoms. The van der Waals surface area contributed by atoms with Gasteiger partial charge >= 0.3 is 11.9 Å². The maximum absolute atomic E-state index is 12.4. The zero-order valence-corrected chi connectivity index (χ0v) is 15.5. The molecule has 2 aromatic rings. The molecule has 0 unspecified atom stereocenters. The van der Waals surface area contributed by atoms with Crippen molar-refractivity contribution in [3.05, 3.63) is 53.3 Å². The molecule has 6 heteroatoms. The topological polar surface area (TPSA) is 82.8 Å². The van der Waals surface area contributed by atoms with Crippen molar-refractivity contribution in [2.24, 2.45) is 0 Å². The van der Waals surface area contributed by atoms with Crippen LogP contribution in [0.2, 0.25) is 0 Å². The van der Waals surface area contributed by atoms with E-state index in [0.29, 0.717) is 29.9 Å². The molecule has 6 nitrogen and oxygen atoms in total. The van der Waals surface area contributed by atoms with Crippen LogP contribution in [0.5, 0.6) is 0 Å². The quantitative estimate of drug-likeness (QED) is 0.342. The second-order valence-corrected chi connectivity index (χ2v) is 7.14. The van der Waals surface area contributed by atoms with Crippen molar-refractivity contribution >= 4 is 23.8 Å². The van der Waals surface area contributed by atoms with E-state index in [1.807, 2.05) is 0 Å². The van der Waals surface area contributed by atoms with Gasteiger partial charge in [-0.25, -0.2) is 9.59 Å². The number of rotatable bonds is 3. The fraction of sp³-hybridized carbons (Fsp3) is 0.318. The smallest absolute Gasteiger partial charge is 0.349 e. The SMILES string of the molecule is CC(=O)c1ccc(-c2ccc(C=C3C(=O)OC4(CCCCC4)OC3=O)o2)cc1. The molecule has 2 aliphatic rings. The van der Waals surface area contributed by atoms with Crippen LogP contribution in [-0.2, 0) is 19.1 Å². The van der Waals surface area contributed by atoms with Crippen LogP contribution in [0.4, 0.5) is 0 Å². The first kappa shape index (κ1) is 18.2. The van der Waals surface area contributed by atoms with Gasteiger partial charge in [0.15, 0.2) is 5.78 Å². The van der Waals surface area contributed by atoms with Gasteiger partial charge in [-0.3, -0.25) is 4.79 Å². The number of benzene rings is 1. The highest BCUT2D eigenvalue weighted by molar-refractivity contribution is 6.18. The second kappa shape index (κ2) is 7.11. The first-order valence-corrected chi connectivity index (χ1v) is 9.35. The van der Waals surface area contributed by atoms with Crippen LogP contribution >= 0.6 is 0 Å².